The van der Waals surface area contributed by atoms with E-state index in [0.29, 0.717) is 12.2 Å². The molecule has 1 aliphatic heterocycles. The standard InChI is InChI=1S/C16H22N6O/c1-2-9-22(14-6-8-17-10-14)16(23)15-12-21(20-19-15)11-13-5-3-4-7-18-13/h3-5,7,12,14,17H,2,6,8-11H2,1H3. The first-order valence-corrected chi connectivity index (χ1v) is 8.09. The predicted molar refractivity (Wildman–Crippen MR) is 86.0 cm³/mol. The molecule has 0 aliphatic carbocycles. The van der Waals surface area contributed by atoms with E-state index in [9.17, 15) is 4.79 Å². The number of hydrogen-bond acceptors (Lipinski definition) is 5. The van der Waals surface area contributed by atoms with Crippen molar-refractivity contribution in [3.8, 4) is 0 Å². The second kappa shape index (κ2) is 7.32. The number of aromatic nitrogens is 4. The number of rotatable bonds is 6. The molecule has 1 unspecified atom stereocenters. The first-order chi connectivity index (χ1) is 11.3. The fourth-order valence-corrected chi connectivity index (χ4v) is 2.87. The van der Waals surface area contributed by atoms with Gasteiger partial charge in [0.25, 0.3) is 5.91 Å². The topological polar surface area (TPSA) is 75.9 Å². The summed E-state index contributed by atoms with van der Waals surface area (Å²) in [4.78, 5) is 18.9. The van der Waals surface area contributed by atoms with E-state index in [1.165, 1.54) is 0 Å². The van der Waals surface area contributed by atoms with Crippen molar-refractivity contribution in [2.24, 2.45) is 0 Å². The zero-order valence-corrected chi connectivity index (χ0v) is 13.4. The minimum Gasteiger partial charge on any atom is -0.333 e. The predicted octanol–water partition coefficient (Wildman–Crippen LogP) is 0.935. The largest absolute Gasteiger partial charge is 0.333 e. The summed E-state index contributed by atoms with van der Waals surface area (Å²) in [6, 6.07) is 5.99. The second-order valence-electron chi connectivity index (χ2n) is 5.77. The van der Waals surface area contributed by atoms with E-state index in [1.54, 1.807) is 17.1 Å². The average Bonchev–Trinajstić information content (AvgIpc) is 3.25. The number of pyridine rings is 1. The molecule has 0 aromatic carbocycles. The van der Waals surface area contributed by atoms with Gasteiger partial charge >= 0.3 is 0 Å². The van der Waals surface area contributed by atoms with Gasteiger partial charge in [-0.05, 0) is 31.5 Å². The minimum atomic E-state index is -0.0344. The van der Waals surface area contributed by atoms with Crippen molar-refractivity contribution < 1.29 is 4.79 Å². The molecular formula is C16H22N6O. The number of amides is 1. The summed E-state index contributed by atoms with van der Waals surface area (Å²) in [5.74, 6) is -0.0344. The molecule has 0 radical (unpaired) electrons. The molecule has 3 heterocycles. The van der Waals surface area contributed by atoms with E-state index in [0.717, 1.165) is 38.2 Å². The Hall–Kier alpha value is -2.28. The van der Waals surface area contributed by atoms with Crippen LogP contribution >= 0.6 is 0 Å². The van der Waals surface area contributed by atoms with E-state index in [2.05, 4.69) is 27.5 Å². The summed E-state index contributed by atoms with van der Waals surface area (Å²) >= 11 is 0. The first kappa shape index (κ1) is 15.6. The van der Waals surface area contributed by atoms with Crippen molar-refractivity contribution in [2.45, 2.75) is 32.4 Å². The Kier molecular flexibility index (Phi) is 4.97. The Labute approximate surface area is 135 Å². The maximum Gasteiger partial charge on any atom is 0.276 e. The van der Waals surface area contributed by atoms with Crippen LogP contribution in [0.15, 0.2) is 30.6 Å². The summed E-state index contributed by atoms with van der Waals surface area (Å²) in [6.45, 7) is 5.16. The van der Waals surface area contributed by atoms with Crippen LogP contribution in [0.1, 0.15) is 35.9 Å². The van der Waals surface area contributed by atoms with Crippen molar-refractivity contribution >= 4 is 5.91 Å². The van der Waals surface area contributed by atoms with E-state index in [4.69, 9.17) is 0 Å². The van der Waals surface area contributed by atoms with Gasteiger partial charge in [-0.1, -0.05) is 18.2 Å². The highest BCUT2D eigenvalue weighted by atomic mass is 16.2. The van der Waals surface area contributed by atoms with E-state index >= 15 is 0 Å². The number of nitrogens with one attached hydrogen (secondary N) is 1. The highest BCUT2D eigenvalue weighted by molar-refractivity contribution is 5.92. The zero-order chi connectivity index (χ0) is 16.1. The van der Waals surface area contributed by atoms with Gasteiger partial charge in [0.15, 0.2) is 5.69 Å². The molecule has 1 aliphatic rings. The van der Waals surface area contributed by atoms with Crippen molar-refractivity contribution in [3.05, 3.63) is 42.0 Å². The molecule has 2 aromatic heterocycles. The lowest BCUT2D eigenvalue weighted by molar-refractivity contribution is 0.0686. The third-order valence-corrected chi connectivity index (χ3v) is 4.01. The van der Waals surface area contributed by atoms with Gasteiger partial charge in [0.2, 0.25) is 0 Å². The maximum atomic E-state index is 12.8. The molecule has 0 spiro atoms. The monoisotopic (exact) mass is 314 g/mol. The highest BCUT2D eigenvalue weighted by Crippen LogP contribution is 2.13. The van der Waals surface area contributed by atoms with Crippen LogP contribution in [0.2, 0.25) is 0 Å². The van der Waals surface area contributed by atoms with Gasteiger partial charge in [0, 0.05) is 25.3 Å². The molecule has 122 valence electrons. The fraction of sp³-hybridized carbons (Fsp3) is 0.500. The van der Waals surface area contributed by atoms with Crippen molar-refractivity contribution in [1.82, 2.24) is 30.2 Å². The van der Waals surface area contributed by atoms with Crippen LogP contribution in [0.4, 0.5) is 0 Å². The average molecular weight is 314 g/mol. The number of hydrogen-bond donors (Lipinski definition) is 1. The zero-order valence-electron chi connectivity index (χ0n) is 13.4. The van der Waals surface area contributed by atoms with Crippen LogP contribution in [0.5, 0.6) is 0 Å². The van der Waals surface area contributed by atoms with Crippen LogP contribution in [-0.4, -0.2) is 56.5 Å². The number of carbonyl (C=O) groups is 1. The Morgan fingerprint density at radius 1 is 1.48 bits per heavy atom. The van der Waals surface area contributed by atoms with Crippen molar-refractivity contribution in [2.75, 3.05) is 19.6 Å². The van der Waals surface area contributed by atoms with Crippen LogP contribution in [0.3, 0.4) is 0 Å². The van der Waals surface area contributed by atoms with Gasteiger partial charge in [0.05, 0.1) is 18.4 Å². The van der Waals surface area contributed by atoms with Gasteiger partial charge in [-0.3, -0.25) is 9.78 Å². The molecule has 1 amide bonds. The van der Waals surface area contributed by atoms with E-state index < -0.39 is 0 Å². The van der Waals surface area contributed by atoms with Gasteiger partial charge in [-0.25, -0.2) is 4.68 Å². The van der Waals surface area contributed by atoms with Crippen LogP contribution in [-0.2, 0) is 6.54 Å². The normalized spacial score (nSPS) is 17.3. The van der Waals surface area contributed by atoms with Crippen LogP contribution < -0.4 is 5.32 Å². The van der Waals surface area contributed by atoms with Gasteiger partial charge in [-0.2, -0.15) is 0 Å². The lowest BCUT2D eigenvalue weighted by atomic mass is 10.2. The third-order valence-electron chi connectivity index (χ3n) is 4.01. The van der Waals surface area contributed by atoms with Gasteiger partial charge < -0.3 is 10.2 Å². The van der Waals surface area contributed by atoms with Crippen LogP contribution in [0.25, 0.3) is 0 Å². The minimum absolute atomic E-state index is 0.0344. The van der Waals surface area contributed by atoms with Gasteiger partial charge in [-0.15, -0.1) is 5.10 Å². The Bertz CT molecular complexity index is 635. The number of carbonyl (C=O) groups excluding carboxylic acids is 1. The lowest BCUT2D eigenvalue weighted by Crippen LogP contribution is -2.42. The molecule has 2 aromatic rings. The number of nitrogens with zero attached hydrogens (tertiary/aromatic N) is 5. The molecule has 23 heavy (non-hydrogen) atoms. The Morgan fingerprint density at radius 3 is 3.09 bits per heavy atom. The molecule has 0 saturated carbocycles. The summed E-state index contributed by atoms with van der Waals surface area (Å²) in [5.41, 5.74) is 1.29. The SMILES string of the molecule is CCCN(C(=O)c1cn(Cc2ccccn2)nn1)C1CCNC1. The molecule has 7 heteroatoms. The highest BCUT2D eigenvalue weighted by Gasteiger charge is 2.28. The molecule has 0 bridgehead atoms. The van der Waals surface area contributed by atoms with Crippen LogP contribution in [0, 0.1) is 0 Å². The molecule has 3 rings (SSSR count). The summed E-state index contributed by atoms with van der Waals surface area (Å²) < 4.78 is 1.66. The van der Waals surface area contributed by atoms with E-state index in [-0.39, 0.29) is 11.9 Å². The Morgan fingerprint density at radius 2 is 2.39 bits per heavy atom. The summed E-state index contributed by atoms with van der Waals surface area (Å²) in [5, 5.41) is 11.4. The maximum absolute atomic E-state index is 12.8. The van der Waals surface area contributed by atoms with Crippen molar-refractivity contribution in [3.63, 3.8) is 0 Å². The molecule has 1 fully saturated rings. The Balaban J connectivity index is 1.71. The van der Waals surface area contributed by atoms with Gasteiger partial charge in [0.1, 0.15) is 0 Å². The summed E-state index contributed by atoms with van der Waals surface area (Å²) in [6.07, 6.45) is 5.38. The van der Waals surface area contributed by atoms with Crippen molar-refractivity contribution in [1.29, 1.82) is 0 Å². The second-order valence-corrected chi connectivity index (χ2v) is 5.77. The molecule has 7 nitrogen and oxygen atoms in total. The summed E-state index contributed by atoms with van der Waals surface area (Å²) in [7, 11) is 0. The van der Waals surface area contributed by atoms with E-state index in [1.807, 2.05) is 23.1 Å². The molecular weight excluding hydrogens is 292 g/mol. The quantitative estimate of drug-likeness (QED) is 0.858. The lowest BCUT2D eigenvalue weighted by Gasteiger charge is -2.27. The smallest absolute Gasteiger partial charge is 0.276 e. The third kappa shape index (κ3) is 3.73. The fourth-order valence-electron chi connectivity index (χ4n) is 2.87. The molecule has 1 N–H and O–H groups in total. The molecule has 1 saturated heterocycles. The first-order valence-electron chi connectivity index (χ1n) is 8.09. The molecule has 1 atom stereocenters.